The van der Waals surface area contributed by atoms with E-state index in [-0.39, 0.29) is 17.3 Å². The average Bonchev–Trinajstić information content (AvgIpc) is 3.38. The highest BCUT2D eigenvalue weighted by Crippen LogP contribution is 2.38. The van der Waals surface area contributed by atoms with Crippen molar-refractivity contribution in [2.45, 2.75) is 55.9 Å². The highest BCUT2D eigenvalue weighted by atomic mass is 35.5. The summed E-state index contributed by atoms with van der Waals surface area (Å²) < 4.78 is 32.6. The number of nitrogens with zero attached hydrogens (tertiary/aromatic N) is 3. The molecule has 4 rings (SSSR count). The number of aromatic nitrogens is 2. The van der Waals surface area contributed by atoms with Gasteiger partial charge in [0.1, 0.15) is 5.54 Å². The van der Waals surface area contributed by atoms with Gasteiger partial charge in [-0.05, 0) is 49.9 Å². The second-order valence-electron chi connectivity index (χ2n) is 8.07. The number of carbonyl (C=O) groups is 1. The van der Waals surface area contributed by atoms with Crippen LogP contribution in [0.4, 0.5) is 0 Å². The molecule has 10 heteroatoms. The third kappa shape index (κ3) is 4.10. The van der Waals surface area contributed by atoms with Gasteiger partial charge in [-0.25, -0.2) is 8.42 Å². The topological polar surface area (TPSA) is 105 Å². The molecule has 1 N–H and O–H groups in total. The van der Waals surface area contributed by atoms with Crippen LogP contribution in [0.25, 0.3) is 0 Å². The van der Waals surface area contributed by atoms with Crippen molar-refractivity contribution in [1.82, 2.24) is 19.8 Å². The molecule has 1 aromatic heterocycles. The van der Waals surface area contributed by atoms with Crippen LogP contribution in [0, 0.1) is 12.8 Å². The number of hydrogen-bond donors (Lipinski definition) is 1. The minimum Gasteiger partial charge on any atom is -0.343 e. The molecule has 162 valence electrons. The van der Waals surface area contributed by atoms with Gasteiger partial charge in [0.15, 0.2) is 5.82 Å². The van der Waals surface area contributed by atoms with E-state index in [0.29, 0.717) is 36.1 Å². The van der Waals surface area contributed by atoms with Crippen LogP contribution >= 0.6 is 11.6 Å². The first-order valence-electron chi connectivity index (χ1n) is 10.2. The molecule has 2 heterocycles. The van der Waals surface area contributed by atoms with E-state index >= 15 is 0 Å². The van der Waals surface area contributed by atoms with Crippen LogP contribution in [0.5, 0.6) is 0 Å². The third-order valence-corrected chi connectivity index (χ3v) is 8.11. The zero-order valence-corrected chi connectivity index (χ0v) is 18.4. The molecule has 2 aromatic rings. The first kappa shape index (κ1) is 21.3. The zero-order valence-electron chi connectivity index (χ0n) is 16.8. The highest BCUT2D eigenvalue weighted by molar-refractivity contribution is 7.89. The van der Waals surface area contributed by atoms with E-state index in [4.69, 9.17) is 16.1 Å². The van der Waals surface area contributed by atoms with Gasteiger partial charge in [-0.2, -0.15) is 9.29 Å². The van der Waals surface area contributed by atoms with E-state index in [1.54, 1.807) is 19.1 Å². The van der Waals surface area contributed by atoms with E-state index in [0.717, 1.165) is 25.7 Å². The predicted molar refractivity (Wildman–Crippen MR) is 110 cm³/mol. The molecule has 2 aliphatic rings. The number of piperidine rings is 1. The highest BCUT2D eigenvalue weighted by Gasteiger charge is 2.43. The Morgan fingerprint density at radius 3 is 2.57 bits per heavy atom. The maximum Gasteiger partial charge on any atom is 0.243 e. The molecule has 1 unspecified atom stereocenters. The summed E-state index contributed by atoms with van der Waals surface area (Å²) in [6, 6.07) is 6.10. The Balaban J connectivity index is 1.50. The van der Waals surface area contributed by atoms with Crippen LogP contribution in [-0.4, -0.2) is 41.9 Å². The first-order valence-corrected chi connectivity index (χ1v) is 12.0. The van der Waals surface area contributed by atoms with E-state index in [2.05, 4.69) is 15.5 Å². The number of carbonyl (C=O) groups excluding carboxylic acids is 1. The summed E-state index contributed by atoms with van der Waals surface area (Å²) in [4.78, 5) is 17.7. The van der Waals surface area contributed by atoms with Crippen molar-refractivity contribution in [3.8, 4) is 0 Å². The molecule has 0 radical (unpaired) electrons. The third-order valence-electron chi connectivity index (χ3n) is 5.98. The van der Waals surface area contributed by atoms with Crippen molar-refractivity contribution in [3.63, 3.8) is 0 Å². The Labute approximate surface area is 181 Å². The van der Waals surface area contributed by atoms with Gasteiger partial charge >= 0.3 is 0 Å². The number of halogens is 1. The normalized spacial score (nSPS) is 22.1. The van der Waals surface area contributed by atoms with E-state index in [1.165, 1.54) is 16.4 Å². The fourth-order valence-electron chi connectivity index (χ4n) is 4.34. The lowest BCUT2D eigenvalue weighted by Gasteiger charge is -2.34. The van der Waals surface area contributed by atoms with Crippen molar-refractivity contribution < 1.29 is 17.7 Å². The lowest BCUT2D eigenvalue weighted by molar-refractivity contribution is -0.128. The molecule has 1 saturated heterocycles. The molecule has 1 aliphatic carbocycles. The number of benzene rings is 1. The molecule has 1 aromatic carbocycles. The van der Waals surface area contributed by atoms with Crippen LogP contribution in [0.15, 0.2) is 33.7 Å². The summed E-state index contributed by atoms with van der Waals surface area (Å²) >= 11 is 5.88. The number of nitrogens with one attached hydrogen (secondary N) is 1. The molecule has 30 heavy (non-hydrogen) atoms. The van der Waals surface area contributed by atoms with Crippen molar-refractivity contribution in [1.29, 1.82) is 0 Å². The molecular weight excluding hydrogens is 428 g/mol. The molecular formula is C20H25ClN4O4S. The monoisotopic (exact) mass is 452 g/mol. The van der Waals surface area contributed by atoms with Gasteiger partial charge < -0.3 is 9.84 Å². The minimum atomic E-state index is -3.68. The molecule has 0 spiro atoms. The smallest absolute Gasteiger partial charge is 0.243 e. The standard InChI is InChI=1S/C20H25ClN4O4S/c1-14-22-19(24-29-14)20(10-2-3-11-20)23-18(26)15-5-4-12-25(13-15)30(27,28)17-8-6-16(21)7-9-17/h6-9,15H,2-5,10-13H2,1H3,(H,23,26). The van der Waals surface area contributed by atoms with Gasteiger partial charge in [0.25, 0.3) is 0 Å². The molecule has 1 aliphatic heterocycles. The second-order valence-corrected chi connectivity index (χ2v) is 10.4. The summed E-state index contributed by atoms with van der Waals surface area (Å²) in [6.45, 7) is 2.27. The van der Waals surface area contributed by atoms with E-state index < -0.39 is 21.5 Å². The van der Waals surface area contributed by atoms with Crippen LogP contribution < -0.4 is 5.32 Å². The Morgan fingerprint density at radius 1 is 1.23 bits per heavy atom. The molecule has 1 amide bonds. The number of sulfonamides is 1. The largest absolute Gasteiger partial charge is 0.343 e. The van der Waals surface area contributed by atoms with E-state index in [1.807, 2.05) is 0 Å². The van der Waals surface area contributed by atoms with E-state index in [9.17, 15) is 13.2 Å². The van der Waals surface area contributed by atoms with Gasteiger partial charge in [0.05, 0.1) is 10.8 Å². The van der Waals surface area contributed by atoms with Gasteiger partial charge in [-0.3, -0.25) is 4.79 Å². The molecule has 1 saturated carbocycles. The number of amides is 1. The van der Waals surface area contributed by atoms with Crippen LogP contribution in [0.2, 0.25) is 5.02 Å². The van der Waals surface area contributed by atoms with Crippen molar-refractivity contribution in [2.75, 3.05) is 13.1 Å². The Morgan fingerprint density at radius 2 is 1.93 bits per heavy atom. The minimum absolute atomic E-state index is 0.151. The van der Waals surface area contributed by atoms with Crippen LogP contribution in [0.1, 0.15) is 50.2 Å². The van der Waals surface area contributed by atoms with Crippen LogP contribution in [0.3, 0.4) is 0 Å². The second kappa shape index (κ2) is 8.28. The number of hydrogen-bond acceptors (Lipinski definition) is 6. The Hall–Kier alpha value is -1.97. The van der Waals surface area contributed by atoms with Gasteiger partial charge in [0.2, 0.25) is 21.8 Å². The SMILES string of the molecule is Cc1nc(C2(NC(=O)C3CCCN(S(=O)(=O)c4ccc(Cl)cc4)C3)CCCC2)no1. The summed E-state index contributed by atoms with van der Waals surface area (Å²) in [5.74, 6) is 0.386. The Bertz CT molecular complexity index is 1020. The first-order chi connectivity index (χ1) is 14.3. The number of aryl methyl sites for hydroxylation is 1. The maximum absolute atomic E-state index is 13.2. The van der Waals surface area contributed by atoms with Crippen molar-refractivity contribution in [3.05, 3.63) is 41.0 Å². The molecule has 0 bridgehead atoms. The maximum atomic E-state index is 13.2. The van der Waals surface area contributed by atoms with Gasteiger partial charge in [0, 0.05) is 25.0 Å². The molecule has 2 fully saturated rings. The van der Waals surface area contributed by atoms with Gasteiger partial charge in [-0.1, -0.05) is 29.6 Å². The Kier molecular flexibility index (Phi) is 5.87. The summed E-state index contributed by atoms with van der Waals surface area (Å²) in [7, 11) is -3.68. The zero-order chi connectivity index (χ0) is 21.4. The summed E-state index contributed by atoms with van der Waals surface area (Å²) in [5.41, 5.74) is -0.633. The quantitative estimate of drug-likeness (QED) is 0.747. The summed E-state index contributed by atoms with van der Waals surface area (Å²) in [6.07, 6.45) is 4.69. The predicted octanol–water partition coefficient (Wildman–Crippen LogP) is 3.02. The number of rotatable bonds is 5. The van der Waals surface area contributed by atoms with Crippen LogP contribution in [-0.2, 0) is 20.4 Å². The molecule has 8 nitrogen and oxygen atoms in total. The molecule has 1 atom stereocenters. The lowest BCUT2D eigenvalue weighted by atomic mass is 9.93. The fraction of sp³-hybridized carbons (Fsp3) is 0.550. The van der Waals surface area contributed by atoms with Crippen molar-refractivity contribution in [2.24, 2.45) is 5.92 Å². The van der Waals surface area contributed by atoms with Gasteiger partial charge in [-0.15, -0.1) is 0 Å². The van der Waals surface area contributed by atoms with Crippen molar-refractivity contribution >= 4 is 27.5 Å². The fourth-order valence-corrected chi connectivity index (χ4v) is 5.99. The lowest BCUT2D eigenvalue weighted by Crippen LogP contribution is -2.51. The summed E-state index contributed by atoms with van der Waals surface area (Å²) in [5, 5.41) is 7.67. The average molecular weight is 453 g/mol.